The third kappa shape index (κ3) is 4.28. The Labute approximate surface area is 183 Å². The largest absolute Gasteiger partial charge is 0.490 e. The van der Waals surface area contributed by atoms with Crippen molar-refractivity contribution in [1.29, 1.82) is 0 Å². The first-order valence-electron chi connectivity index (χ1n) is 11.3. The molecule has 1 atom stereocenters. The maximum Gasteiger partial charge on any atom is 0.254 e. The SMILES string of the molecule is CC(C)C#Cc1ccc2c(c1)CCn1c-2c(C2CC2)c(OCC2COCCO2)cc1=O. The maximum atomic E-state index is 13.0. The van der Waals surface area contributed by atoms with Crippen LogP contribution in [0.5, 0.6) is 5.75 Å². The van der Waals surface area contributed by atoms with Crippen LogP contribution in [0.3, 0.4) is 0 Å². The molecule has 162 valence electrons. The van der Waals surface area contributed by atoms with Crippen LogP contribution in [0.4, 0.5) is 0 Å². The van der Waals surface area contributed by atoms with Crippen LogP contribution in [-0.2, 0) is 22.4 Å². The van der Waals surface area contributed by atoms with Crippen molar-refractivity contribution in [1.82, 2.24) is 4.57 Å². The van der Waals surface area contributed by atoms with Crippen molar-refractivity contribution < 1.29 is 14.2 Å². The fourth-order valence-electron chi connectivity index (χ4n) is 4.42. The number of pyridine rings is 1. The fraction of sp³-hybridized carbons (Fsp3) is 0.500. The average molecular weight is 420 g/mol. The van der Waals surface area contributed by atoms with E-state index in [9.17, 15) is 4.79 Å². The summed E-state index contributed by atoms with van der Waals surface area (Å²) in [5.41, 5.74) is 5.66. The lowest BCUT2D eigenvalue weighted by Gasteiger charge is -2.27. The lowest BCUT2D eigenvalue weighted by atomic mass is 9.91. The van der Waals surface area contributed by atoms with Gasteiger partial charge in [-0.25, -0.2) is 0 Å². The minimum absolute atomic E-state index is 0.00420. The van der Waals surface area contributed by atoms with Crippen molar-refractivity contribution in [2.75, 3.05) is 26.4 Å². The van der Waals surface area contributed by atoms with Gasteiger partial charge in [0.15, 0.2) is 0 Å². The first-order chi connectivity index (χ1) is 15.1. The number of rotatable bonds is 4. The number of aryl methyl sites for hydroxylation is 1. The number of hydrogen-bond acceptors (Lipinski definition) is 4. The van der Waals surface area contributed by atoms with Crippen LogP contribution in [0, 0.1) is 17.8 Å². The molecule has 1 aliphatic carbocycles. The zero-order valence-electron chi connectivity index (χ0n) is 18.3. The van der Waals surface area contributed by atoms with Crippen LogP contribution in [0.2, 0.25) is 0 Å². The fourth-order valence-corrected chi connectivity index (χ4v) is 4.42. The number of ether oxygens (including phenoxy) is 3. The highest BCUT2D eigenvalue weighted by molar-refractivity contribution is 5.73. The summed E-state index contributed by atoms with van der Waals surface area (Å²) in [6.07, 6.45) is 3.03. The summed E-state index contributed by atoms with van der Waals surface area (Å²) in [6.45, 7) is 7.05. The Morgan fingerprint density at radius 1 is 1.23 bits per heavy atom. The summed E-state index contributed by atoms with van der Waals surface area (Å²) in [5, 5.41) is 0. The number of aromatic nitrogens is 1. The molecule has 5 heteroatoms. The average Bonchev–Trinajstić information content (AvgIpc) is 3.61. The smallest absolute Gasteiger partial charge is 0.254 e. The Morgan fingerprint density at radius 3 is 2.84 bits per heavy atom. The van der Waals surface area contributed by atoms with Gasteiger partial charge >= 0.3 is 0 Å². The van der Waals surface area contributed by atoms with Gasteiger partial charge in [-0.3, -0.25) is 4.79 Å². The van der Waals surface area contributed by atoms with E-state index in [4.69, 9.17) is 14.2 Å². The Bertz CT molecular complexity index is 1090. The van der Waals surface area contributed by atoms with Crippen LogP contribution in [0.15, 0.2) is 29.1 Å². The molecule has 2 aromatic rings. The van der Waals surface area contributed by atoms with Gasteiger partial charge < -0.3 is 18.8 Å². The van der Waals surface area contributed by atoms with Crippen molar-refractivity contribution >= 4 is 0 Å². The molecule has 3 aliphatic rings. The van der Waals surface area contributed by atoms with Gasteiger partial charge in [0.2, 0.25) is 0 Å². The van der Waals surface area contributed by atoms with Gasteiger partial charge in [-0.2, -0.15) is 0 Å². The van der Waals surface area contributed by atoms with E-state index < -0.39 is 0 Å². The van der Waals surface area contributed by atoms with Crippen molar-refractivity contribution in [2.24, 2.45) is 5.92 Å². The summed E-state index contributed by atoms with van der Waals surface area (Å²) in [5.74, 6) is 8.03. The molecule has 31 heavy (non-hydrogen) atoms. The van der Waals surface area contributed by atoms with E-state index in [0.717, 1.165) is 36.1 Å². The third-order valence-corrected chi connectivity index (χ3v) is 6.08. The monoisotopic (exact) mass is 419 g/mol. The van der Waals surface area contributed by atoms with Crippen molar-refractivity contribution in [2.45, 2.75) is 51.7 Å². The number of nitrogens with zero attached hydrogens (tertiary/aromatic N) is 1. The highest BCUT2D eigenvalue weighted by Gasteiger charge is 2.34. The zero-order valence-corrected chi connectivity index (χ0v) is 18.3. The Hall–Kier alpha value is -2.55. The molecule has 0 bridgehead atoms. The predicted molar refractivity (Wildman–Crippen MR) is 120 cm³/mol. The number of fused-ring (bicyclic) bond motifs is 3. The minimum atomic E-state index is -0.0889. The molecule has 0 spiro atoms. The van der Waals surface area contributed by atoms with Gasteiger partial charge in [0.1, 0.15) is 18.5 Å². The molecule has 5 rings (SSSR count). The third-order valence-electron chi connectivity index (χ3n) is 6.08. The number of hydrogen-bond donors (Lipinski definition) is 0. The highest BCUT2D eigenvalue weighted by Crippen LogP contribution is 2.49. The van der Waals surface area contributed by atoms with Crippen molar-refractivity contribution in [3.8, 4) is 28.8 Å². The van der Waals surface area contributed by atoms with Crippen LogP contribution in [0.1, 0.15) is 49.3 Å². The quantitative estimate of drug-likeness (QED) is 0.709. The lowest BCUT2D eigenvalue weighted by Crippen LogP contribution is -2.34. The van der Waals surface area contributed by atoms with Crippen LogP contribution >= 0.6 is 0 Å². The lowest BCUT2D eigenvalue weighted by molar-refractivity contribution is -0.101. The summed E-state index contributed by atoms with van der Waals surface area (Å²) < 4.78 is 19.3. The van der Waals surface area contributed by atoms with Gasteiger partial charge in [-0.1, -0.05) is 31.8 Å². The van der Waals surface area contributed by atoms with Crippen LogP contribution in [0.25, 0.3) is 11.3 Å². The molecule has 0 N–H and O–H groups in total. The Kier molecular flexibility index (Phi) is 5.60. The molecule has 1 aromatic carbocycles. The molecule has 1 aromatic heterocycles. The Morgan fingerprint density at radius 2 is 2.10 bits per heavy atom. The van der Waals surface area contributed by atoms with Gasteiger partial charge in [0.05, 0.1) is 25.5 Å². The topological polar surface area (TPSA) is 49.7 Å². The molecule has 0 radical (unpaired) electrons. The van der Waals surface area contributed by atoms with E-state index in [2.05, 4.69) is 43.9 Å². The van der Waals surface area contributed by atoms with Crippen molar-refractivity contribution in [3.05, 3.63) is 51.3 Å². The molecule has 2 aliphatic heterocycles. The molecular weight excluding hydrogens is 390 g/mol. The minimum Gasteiger partial charge on any atom is -0.490 e. The number of benzene rings is 1. The summed E-state index contributed by atoms with van der Waals surface area (Å²) in [4.78, 5) is 13.0. The molecule has 3 heterocycles. The molecule has 1 saturated carbocycles. The molecule has 5 nitrogen and oxygen atoms in total. The second kappa shape index (κ2) is 8.53. The molecule has 0 amide bonds. The molecule has 1 saturated heterocycles. The predicted octanol–water partition coefficient (Wildman–Crippen LogP) is 3.75. The molecule has 2 fully saturated rings. The van der Waals surface area contributed by atoms with Gasteiger partial charge in [0.25, 0.3) is 5.56 Å². The standard InChI is InChI=1S/C26H29NO4/c1-17(2)3-4-18-5-8-22-20(13-18)9-10-27-24(28)14-23(25(26(22)27)19-6-7-19)31-16-21-15-29-11-12-30-21/h5,8,13-14,17,19,21H,6-7,9-12,15-16H2,1-2H3. The molecular formula is C26H29NO4. The van der Waals surface area contributed by atoms with E-state index in [1.54, 1.807) is 6.07 Å². The maximum absolute atomic E-state index is 13.0. The van der Waals surface area contributed by atoms with Gasteiger partial charge in [-0.05, 0) is 42.9 Å². The van der Waals surface area contributed by atoms with E-state index >= 15 is 0 Å². The van der Waals surface area contributed by atoms with Gasteiger partial charge in [0, 0.05) is 35.2 Å². The van der Waals surface area contributed by atoms with Gasteiger partial charge in [-0.15, -0.1) is 0 Å². The summed E-state index contributed by atoms with van der Waals surface area (Å²) >= 11 is 0. The normalized spacial score (nSPS) is 19.9. The Balaban J connectivity index is 1.53. The first-order valence-corrected chi connectivity index (χ1v) is 11.3. The van der Waals surface area contributed by atoms with E-state index in [1.807, 2.05) is 4.57 Å². The summed E-state index contributed by atoms with van der Waals surface area (Å²) in [7, 11) is 0. The highest BCUT2D eigenvalue weighted by atomic mass is 16.6. The van der Waals surface area contributed by atoms with Crippen LogP contribution < -0.4 is 10.3 Å². The van der Waals surface area contributed by atoms with E-state index in [1.165, 1.54) is 11.1 Å². The molecule has 1 unspecified atom stereocenters. The second-order valence-electron chi connectivity index (χ2n) is 8.96. The zero-order chi connectivity index (χ0) is 21.4. The van der Waals surface area contributed by atoms with E-state index in [-0.39, 0.29) is 11.7 Å². The second-order valence-corrected chi connectivity index (χ2v) is 8.96. The summed E-state index contributed by atoms with van der Waals surface area (Å²) in [6, 6.07) is 8.08. The van der Waals surface area contributed by atoms with E-state index in [0.29, 0.717) is 50.6 Å². The van der Waals surface area contributed by atoms with Crippen LogP contribution in [-0.4, -0.2) is 37.1 Å². The first kappa shape index (κ1) is 20.4. The van der Waals surface area contributed by atoms with Crippen molar-refractivity contribution in [3.63, 3.8) is 0 Å².